The van der Waals surface area contributed by atoms with Crippen LogP contribution in [0.25, 0.3) is 0 Å². The molecule has 2 N–H and O–H groups in total. The van der Waals surface area contributed by atoms with Crippen molar-refractivity contribution in [1.82, 2.24) is 0 Å². The normalized spacial score (nSPS) is 29.4. The van der Waals surface area contributed by atoms with Gasteiger partial charge in [0.25, 0.3) is 0 Å². The molecule has 4 atom stereocenters. The van der Waals surface area contributed by atoms with Gasteiger partial charge in [-0.1, -0.05) is 12.5 Å². The molecule has 0 aliphatic heterocycles. The lowest BCUT2D eigenvalue weighted by Gasteiger charge is -2.23. The first-order valence-electron chi connectivity index (χ1n) is 7.73. The quantitative estimate of drug-likeness (QED) is 0.894. The third-order valence-electron chi connectivity index (χ3n) is 5.05. The Morgan fingerprint density at radius 2 is 2.15 bits per heavy atom. The lowest BCUT2D eigenvalue weighted by molar-refractivity contribution is 0.193. The molecule has 0 spiro atoms. The molecule has 0 radical (unpaired) electrons. The second-order valence-corrected chi connectivity index (χ2v) is 6.44. The summed E-state index contributed by atoms with van der Waals surface area (Å²) in [6.45, 7) is 2.82. The Labute approximate surface area is 121 Å². The second kappa shape index (κ2) is 5.65. The van der Waals surface area contributed by atoms with E-state index in [1.165, 1.54) is 25.7 Å². The molecule has 1 aromatic rings. The van der Waals surface area contributed by atoms with Crippen molar-refractivity contribution in [2.75, 3.05) is 13.7 Å². The Morgan fingerprint density at radius 3 is 2.75 bits per heavy atom. The fourth-order valence-electron chi connectivity index (χ4n) is 3.92. The number of methoxy groups -OCH3 is 1. The molecule has 3 rings (SSSR count). The predicted molar refractivity (Wildman–Crippen MR) is 80.0 cm³/mol. The molecule has 0 amide bonds. The van der Waals surface area contributed by atoms with E-state index in [9.17, 15) is 0 Å². The molecule has 20 heavy (non-hydrogen) atoms. The fraction of sp³-hybridized carbons (Fsp3) is 0.647. The molecule has 3 nitrogen and oxygen atoms in total. The summed E-state index contributed by atoms with van der Waals surface area (Å²) < 4.78 is 11.4. The monoisotopic (exact) mass is 275 g/mol. The predicted octanol–water partition coefficient (Wildman–Crippen LogP) is 3.53. The first-order valence-corrected chi connectivity index (χ1v) is 7.73. The zero-order chi connectivity index (χ0) is 14.1. The van der Waals surface area contributed by atoms with Gasteiger partial charge >= 0.3 is 0 Å². The summed E-state index contributed by atoms with van der Waals surface area (Å²) in [7, 11) is 1.68. The largest absolute Gasteiger partial charge is 0.497 e. The molecule has 3 heteroatoms. The Hall–Kier alpha value is -1.22. The third-order valence-corrected chi connectivity index (χ3v) is 5.05. The average Bonchev–Trinajstić information content (AvgIpc) is 3.07. The van der Waals surface area contributed by atoms with E-state index in [0.717, 1.165) is 41.4 Å². The van der Waals surface area contributed by atoms with Gasteiger partial charge in [-0.25, -0.2) is 0 Å². The molecule has 4 unspecified atom stereocenters. The maximum atomic E-state index is 6.12. The van der Waals surface area contributed by atoms with Gasteiger partial charge in [-0.3, -0.25) is 0 Å². The molecule has 110 valence electrons. The highest BCUT2D eigenvalue weighted by Gasteiger charge is 2.39. The smallest absolute Gasteiger partial charge is 0.127 e. The van der Waals surface area contributed by atoms with Crippen LogP contribution in [0.2, 0.25) is 0 Å². The van der Waals surface area contributed by atoms with E-state index in [1.807, 2.05) is 25.1 Å². The Kier molecular flexibility index (Phi) is 3.88. The molecule has 0 saturated heterocycles. The SMILES string of the molecule is COc1ccc(C(C)N)c(OCC2CC3CCC2C3)c1. The summed E-state index contributed by atoms with van der Waals surface area (Å²) in [4.78, 5) is 0. The fourth-order valence-corrected chi connectivity index (χ4v) is 3.92. The van der Waals surface area contributed by atoms with E-state index in [4.69, 9.17) is 15.2 Å². The van der Waals surface area contributed by atoms with Gasteiger partial charge < -0.3 is 15.2 Å². The summed E-state index contributed by atoms with van der Waals surface area (Å²) in [5.41, 5.74) is 7.09. The number of fused-ring (bicyclic) bond motifs is 2. The molecule has 2 aliphatic rings. The van der Waals surface area contributed by atoms with Crippen LogP contribution in [0.15, 0.2) is 18.2 Å². The van der Waals surface area contributed by atoms with Gasteiger partial charge in [-0.2, -0.15) is 0 Å². The van der Waals surface area contributed by atoms with Crippen LogP contribution in [0.3, 0.4) is 0 Å². The topological polar surface area (TPSA) is 44.5 Å². The van der Waals surface area contributed by atoms with E-state index in [1.54, 1.807) is 7.11 Å². The standard InChI is InChI=1S/C17H25NO2/c1-11(18)16-6-5-15(19-2)9-17(16)20-10-14-8-12-3-4-13(14)7-12/h5-6,9,11-14H,3-4,7-8,10,18H2,1-2H3. The zero-order valence-corrected chi connectivity index (χ0v) is 12.5. The first kappa shape index (κ1) is 13.7. The van der Waals surface area contributed by atoms with Crippen LogP contribution in [0, 0.1) is 17.8 Å². The summed E-state index contributed by atoms with van der Waals surface area (Å²) in [6, 6.07) is 5.91. The van der Waals surface area contributed by atoms with Gasteiger partial charge in [0.15, 0.2) is 0 Å². The number of hydrogen-bond donors (Lipinski definition) is 1. The van der Waals surface area contributed by atoms with Crippen LogP contribution in [0.1, 0.15) is 44.2 Å². The van der Waals surface area contributed by atoms with Gasteiger partial charge in [0.05, 0.1) is 13.7 Å². The highest BCUT2D eigenvalue weighted by atomic mass is 16.5. The number of ether oxygens (including phenoxy) is 2. The van der Waals surface area contributed by atoms with Crippen molar-refractivity contribution < 1.29 is 9.47 Å². The minimum atomic E-state index is -0.0177. The minimum Gasteiger partial charge on any atom is -0.497 e. The summed E-state index contributed by atoms with van der Waals surface area (Å²) in [6.07, 6.45) is 5.61. The van der Waals surface area contributed by atoms with Gasteiger partial charge in [-0.15, -0.1) is 0 Å². The van der Waals surface area contributed by atoms with Crippen LogP contribution < -0.4 is 15.2 Å². The maximum absolute atomic E-state index is 6.12. The van der Waals surface area contributed by atoms with Crippen LogP contribution in [-0.4, -0.2) is 13.7 Å². The molecule has 0 aromatic heterocycles. The summed E-state index contributed by atoms with van der Waals surface area (Å²) >= 11 is 0. The van der Waals surface area contributed by atoms with Crippen molar-refractivity contribution in [3.8, 4) is 11.5 Å². The van der Waals surface area contributed by atoms with Crippen molar-refractivity contribution in [2.24, 2.45) is 23.5 Å². The number of hydrogen-bond acceptors (Lipinski definition) is 3. The second-order valence-electron chi connectivity index (χ2n) is 6.44. The molecule has 2 bridgehead atoms. The number of nitrogens with two attached hydrogens (primary N) is 1. The Bertz CT molecular complexity index is 472. The van der Waals surface area contributed by atoms with E-state index >= 15 is 0 Å². The lowest BCUT2D eigenvalue weighted by Crippen LogP contribution is -2.19. The summed E-state index contributed by atoms with van der Waals surface area (Å²) in [5.74, 6) is 4.32. The molecule has 2 saturated carbocycles. The molecular weight excluding hydrogens is 250 g/mol. The van der Waals surface area contributed by atoms with Crippen molar-refractivity contribution >= 4 is 0 Å². The average molecular weight is 275 g/mol. The van der Waals surface area contributed by atoms with Crippen LogP contribution >= 0.6 is 0 Å². The van der Waals surface area contributed by atoms with E-state index in [0.29, 0.717) is 0 Å². The lowest BCUT2D eigenvalue weighted by atomic mass is 9.89. The minimum absolute atomic E-state index is 0.0177. The van der Waals surface area contributed by atoms with Crippen LogP contribution in [0.5, 0.6) is 11.5 Å². The number of benzene rings is 1. The molecule has 1 aromatic carbocycles. The van der Waals surface area contributed by atoms with Gasteiger partial charge in [0.2, 0.25) is 0 Å². The summed E-state index contributed by atoms with van der Waals surface area (Å²) in [5, 5.41) is 0. The highest BCUT2D eigenvalue weighted by Crippen LogP contribution is 2.48. The van der Waals surface area contributed by atoms with E-state index < -0.39 is 0 Å². The van der Waals surface area contributed by atoms with E-state index in [-0.39, 0.29) is 6.04 Å². The third kappa shape index (κ3) is 2.64. The molecule has 0 heterocycles. The van der Waals surface area contributed by atoms with Crippen molar-refractivity contribution in [1.29, 1.82) is 0 Å². The molecule has 2 aliphatic carbocycles. The van der Waals surface area contributed by atoms with E-state index in [2.05, 4.69) is 0 Å². The number of rotatable bonds is 5. The molecule has 2 fully saturated rings. The van der Waals surface area contributed by atoms with Gasteiger partial charge in [-0.05, 0) is 50.0 Å². The van der Waals surface area contributed by atoms with Crippen molar-refractivity contribution in [3.05, 3.63) is 23.8 Å². The van der Waals surface area contributed by atoms with Crippen LogP contribution in [0.4, 0.5) is 0 Å². The molecular formula is C17H25NO2. The highest BCUT2D eigenvalue weighted by molar-refractivity contribution is 5.42. The Balaban J connectivity index is 1.69. The first-order chi connectivity index (χ1) is 9.67. The van der Waals surface area contributed by atoms with Gasteiger partial charge in [0.1, 0.15) is 11.5 Å². The Morgan fingerprint density at radius 1 is 1.30 bits per heavy atom. The van der Waals surface area contributed by atoms with Crippen LogP contribution in [-0.2, 0) is 0 Å². The maximum Gasteiger partial charge on any atom is 0.127 e. The van der Waals surface area contributed by atoms with Crippen molar-refractivity contribution in [3.63, 3.8) is 0 Å². The van der Waals surface area contributed by atoms with Crippen molar-refractivity contribution in [2.45, 2.75) is 38.6 Å². The zero-order valence-electron chi connectivity index (χ0n) is 12.5. The van der Waals surface area contributed by atoms with Gasteiger partial charge in [0, 0.05) is 17.7 Å².